The highest BCUT2D eigenvalue weighted by atomic mass is 79.9. The Balaban J connectivity index is 2.23. The smallest absolute Gasteiger partial charge is 0.252 e. The van der Waals surface area contributed by atoms with Gasteiger partial charge in [-0.05, 0) is 41.1 Å². The predicted octanol–water partition coefficient (Wildman–Crippen LogP) is 4.52. The van der Waals surface area contributed by atoms with Crippen LogP contribution in [0.4, 0.5) is 20.2 Å². The highest BCUT2D eigenvalue weighted by Crippen LogP contribution is 2.36. The van der Waals surface area contributed by atoms with Gasteiger partial charge in [-0.2, -0.15) is 0 Å². The van der Waals surface area contributed by atoms with Gasteiger partial charge >= 0.3 is 0 Å². The molecule has 0 aliphatic carbocycles. The number of carbonyl (C=O) groups excluding carboxylic acids is 1. The maximum absolute atomic E-state index is 14.1. The van der Waals surface area contributed by atoms with Crippen molar-refractivity contribution in [3.8, 4) is 5.75 Å². The molecule has 8 heteroatoms. The minimum absolute atomic E-state index is 0.0530. The molecule has 0 unspecified atom stereocenters. The van der Waals surface area contributed by atoms with Crippen LogP contribution < -0.4 is 15.8 Å². The van der Waals surface area contributed by atoms with Crippen LogP contribution in [-0.4, -0.2) is 17.5 Å². The average Bonchev–Trinajstić information content (AvgIpc) is 2.60. The first-order valence-electron chi connectivity index (χ1n) is 7.68. The van der Waals surface area contributed by atoms with E-state index < -0.39 is 17.5 Å². The van der Waals surface area contributed by atoms with Gasteiger partial charge in [-0.15, -0.1) is 0 Å². The lowest BCUT2D eigenvalue weighted by Crippen LogP contribution is -2.14. The molecular formula is C18H14BrF2N3O2. The molecule has 0 saturated carbocycles. The van der Waals surface area contributed by atoms with E-state index in [2.05, 4.69) is 26.2 Å². The molecule has 0 bridgehead atoms. The van der Waals surface area contributed by atoms with Gasteiger partial charge in [-0.1, -0.05) is 6.07 Å². The van der Waals surface area contributed by atoms with E-state index in [-0.39, 0.29) is 16.9 Å². The molecule has 2 aromatic carbocycles. The van der Waals surface area contributed by atoms with E-state index in [1.807, 2.05) is 6.92 Å². The maximum Gasteiger partial charge on any atom is 0.252 e. The minimum Gasteiger partial charge on any atom is -0.493 e. The van der Waals surface area contributed by atoms with Crippen LogP contribution in [0.2, 0.25) is 0 Å². The van der Waals surface area contributed by atoms with Crippen molar-refractivity contribution in [1.82, 2.24) is 4.98 Å². The van der Waals surface area contributed by atoms with E-state index in [1.54, 1.807) is 12.1 Å². The first kappa shape index (κ1) is 18.1. The van der Waals surface area contributed by atoms with Crippen LogP contribution in [0.25, 0.3) is 10.9 Å². The van der Waals surface area contributed by atoms with E-state index in [0.29, 0.717) is 27.7 Å². The SMILES string of the molecule is CCOc1cc2ncc(C(N)=O)c(Nc3cccc(F)c3F)c2cc1Br. The number of carbonyl (C=O) groups is 1. The molecule has 0 saturated heterocycles. The molecule has 134 valence electrons. The molecule has 0 spiro atoms. The summed E-state index contributed by atoms with van der Waals surface area (Å²) >= 11 is 3.39. The average molecular weight is 422 g/mol. The molecule has 0 radical (unpaired) electrons. The van der Waals surface area contributed by atoms with Gasteiger partial charge < -0.3 is 15.8 Å². The third kappa shape index (κ3) is 3.32. The Kier molecular flexibility index (Phi) is 5.03. The fourth-order valence-electron chi connectivity index (χ4n) is 2.52. The molecular weight excluding hydrogens is 408 g/mol. The zero-order chi connectivity index (χ0) is 18.8. The topological polar surface area (TPSA) is 77.2 Å². The van der Waals surface area contributed by atoms with Crippen LogP contribution in [0.1, 0.15) is 17.3 Å². The quantitative estimate of drug-likeness (QED) is 0.634. The summed E-state index contributed by atoms with van der Waals surface area (Å²) in [6.45, 7) is 2.31. The molecule has 3 rings (SSSR count). The monoisotopic (exact) mass is 421 g/mol. The molecule has 1 amide bonds. The Morgan fingerprint density at radius 3 is 2.81 bits per heavy atom. The van der Waals surface area contributed by atoms with Crippen molar-refractivity contribution in [1.29, 1.82) is 0 Å². The molecule has 0 aliphatic heterocycles. The summed E-state index contributed by atoms with van der Waals surface area (Å²) in [6.07, 6.45) is 1.29. The van der Waals surface area contributed by atoms with Crippen molar-refractivity contribution in [3.05, 3.63) is 58.2 Å². The number of nitrogens with zero attached hydrogens (tertiary/aromatic N) is 1. The Morgan fingerprint density at radius 2 is 2.12 bits per heavy atom. The van der Waals surface area contributed by atoms with Crippen LogP contribution in [0.3, 0.4) is 0 Å². The normalized spacial score (nSPS) is 10.8. The largest absolute Gasteiger partial charge is 0.493 e. The summed E-state index contributed by atoms with van der Waals surface area (Å²) in [6, 6.07) is 7.08. The fourth-order valence-corrected chi connectivity index (χ4v) is 2.97. The molecule has 3 aromatic rings. The van der Waals surface area contributed by atoms with Gasteiger partial charge in [0.15, 0.2) is 11.6 Å². The first-order chi connectivity index (χ1) is 12.4. The third-order valence-corrected chi connectivity index (χ3v) is 4.32. The Labute approximate surface area is 156 Å². The number of hydrogen-bond donors (Lipinski definition) is 2. The Hall–Kier alpha value is -2.74. The van der Waals surface area contributed by atoms with Gasteiger partial charge in [-0.25, -0.2) is 8.78 Å². The molecule has 26 heavy (non-hydrogen) atoms. The van der Waals surface area contributed by atoms with Crippen LogP contribution in [0.5, 0.6) is 5.75 Å². The molecule has 3 N–H and O–H groups in total. The lowest BCUT2D eigenvalue weighted by molar-refractivity contribution is 0.100. The molecule has 1 aromatic heterocycles. The van der Waals surface area contributed by atoms with E-state index in [1.165, 1.54) is 18.3 Å². The second-order valence-electron chi connectivity index (χ2n) is 5.37. The minimum atomic E-state index is -1.06. The highest BCUT2D eigenvalue weighted by Gasteiger charge is 2.18. The number of ether oxygens (including phenoxy) is 1. The second kappa shape index (κ2) is 7.25. The summed E-state index contributed by atoms with van der Waals surface area (Å²) < 4.78 is 33.7. The van der Waals surface area contributed by atoms with Crippen LogP contribution in [0.15, 0.2) is 41.0 Å². The van der Waals surface area contributed by atoms with Gasteiger partial charge in [0, 0.05) is 17.6 Å². The van der Waals surface area contributed by atoms with Gasteiger partial charge in [0.25, 0.3) is 5.91 Å². The van der Waals surface area contributed by atoms with Crippen molar-refractivity contribution in [2.45, 2.75) is 6.92 Å². The number of rotatable bonds is 5. The van der Waals surface area contributed by atoms with Crippen LogP contribution in [-0.2, 0) is 0 Å². The molecule has 1 heterocycles. The fraction of sp³-hybridized carbons (Fsp3) is 0.111. The Bertz CT molecular complexity index is 1010. The summed E-state index contributed by atoms with van der Waals surface area (Å²) in [4.78, 5) is 16.0. The Morgan fingerprint density at radius 1 is 1.35 bits per heavy atom. The number of hydrogen-bond acceptors (Lipinski definition) is 4. The molecule has 0 aliphatic rings. The van der Waals surface area contributed by atoms with Crippen LogP contribution in [0, 0.1) is 11.6 Å². The van der Waals surface area contributed by atoms with E-state index >= 15 is 0 Å². The molecule has 0 fully saturated rings. The number of fused-ring (bicyclic) bond motifs is 1. The highest BCUT2D eigenvalue weighted by molar-refractivity contribution is 9.10. The number of pyridine rings is 1. The van der Waals surface area contributed by atoms with Gasteiger partial charge in [-0.3, -0.25) is 9.78 Å². The lowest BCUT2D eigenvalue weighted by atomic mass is 10.1. The summed E-state index contributed by atoms with van der Waals surface area (Å²) in [5, 5.41) is 3.27. The number of aromatic nitrogens is 1. The van der Waals surface area contributed by atoms with E-state index in [0.717, 1.165) is 6.07 Å². The molecule has 5 nitrogen and oxygen atoms in total. The summed E-state index contributed by atoms with van der Waals surface area (Å²) in [5.74, 6) is -2.24. The second-order valence-corrected chi connectivity index (χ2v) is 6.22. The van der Waals surface area contributed by atoms with Gasteiger partial charge in [0.1, 0.15) is 5.75 Å². The van der Waals surface area contributed by atoms with Crippen molar-refractivity contribution in [3.63, 3.8) is 0 Å². The van der Waals surface area contributed by atoms with Crippen molar-refractivity contribution in [2.75, 3.05) is 11.9 Å². The number of halogens is 3. The number of amides is 1. The van der Waals surface area contributed by atoms with Crippen molar-refractivity contribution < 1.29 is 18.3 Å². The lowest BCUT2D eigenvalue weighted by Gasteiger charge is -2.15. The van der Waals surface area contributed by atoms with E-state index in [4.69, 9.17) is 10.5 Å². The zero-order valence-corrected chi connectivity index (χ0v) is 15.2. The van der Waals surface area contributed by atoms with Gasteiger partial charge in [0.05, 0.1) is 33.5 Å². The standard InChI is InChI=1S/C18H14BrF2N3O2/c1-2-26-15-7-14-9(6-11(15)19)17(10(8-23-14)18(22)25)24-13-5-3-4-12(20)16(13)21/h3-8H,2H2,1H3,(H2,22,25)(H,23,24). The predicted molar refractivity (Wildman–Crippen MR) is 98.8 cm³/mol. The molecule has 0 atom stereocenters. The van der Waals surface area contributed by atoms with Crippen molar-refractivity contribution in [2.24, 2.45) is 5.73 Å². The number of nitrogens with one attached hydrogen (secondary N) is 1. The summed E-state index contributed by atoms with van der Waals surface area (Å²) in [7, 11) is 0. The number of benzene rings is 2. The number of nitrogens with two attached hydrogens (primary N) is 1. The zero-order valence-electron chi connectivity index (χ0n) is 13.6. The maximum atomic E-state index is 14.1. The van der Waals surface area contributed by atoms with Crippen molar-refractivity contribution >= 4 is 44.1 Å². The number of anilines is 2. The number of primary amides is 1. The van der Waals surface area contributed by atoms with Gasteiger partial charge in [0.2, 0.25) is 0 Å². The van der Waals surface area contributed by atoms with Crippen LogP contribution >= 0.6 is 15.9 Å². The summed E-state index contributed by atoms with van der Waals surface area (Å²) in [5.41, 5.74) is 6.09. The first-order valence-corrected chi connectivity index (χ1v) is 8.47. The third-order valence-electron chi connectivity index (χ3n) is 3.70. The van der Waals surface area contributed by atoms with E-state index in [9.17, 15) is 13.6 Å².